The van der Waals surface area contributed by atoms with Gasteiger partial charge in [0.15, 0.2) is 0 Å². The first kappa shape index (κ1) is 32.4. The molecule has 0 aliphatic rings. The second-order valence-electron chi connectivity index (χ2n) is 9.87. The summed E-state index contributed by atoms with van der Waals surface area (Å²) in [6.45, 7) is 7.25. The molecule has 0 saturated carbocycles. The molecule has 0 fully saturated rings. The van der Waals surface area contributed by atoms with Gasteiger partial charge in [0, 0.05) is 6.42 Å². The molecule has 12 heteroatoms. The van der Waals surface area contributed by atoms with Crippen LogP contribution < -0.4 is 21.7 Å². The number of amides is 3. The number of carbonyl (C=O) groups is 5. The molecule has 212 valence electrons. The van der Waals surface area contributed by atoms with Crippen LogP contribution in [0, 0.1) is 11.8 Å². The molecule has 0 bridgehead atoms. The number of aromatic hydroxyl groups is 1. The molecule has 0 aromatic heterocycles. The lowest BCUT2D eigenvalue weighted by Gasteiger charge is -2.28. The number of phenols is 1. The minimum Gasteiger partial charge on any atom is -0.508 e. The monoisotopic (exact) mass is 536 g/mol. The molecular weight excluding hydrogens is 496 g/mol. The number of aliphatic carboxylic acids is 2. The molecule has 0 aliphatic heterocycles. The molecular formula is C26H40N4O8. The molecule has 5 unspecified atom stereocenters. The Morgan fingerprint density at radius 3 is 1.95 bits per heavy atom. The summed E-state index contributed by atoms with van der Waals surface area (Å²) in [5.74, 6) is -4.82. The smallest absolute Gasteiger partial charge is 0.326 e. The number of carboxylic acids is 2. The van der Waals surface area contributed by atoms with Crippen molar-refractivity contribution >= 4 is 29.7 Å². The van der Waals surface area contributed by atoms with Gasteiger partial charge >= 0.3 is 11.9 Å². The number of nitrogens with two attached hydrogens (primary N) is 1. The van der Waals surface area contributed by atoms with Crippen molar-refractivity contribution in [3.63, 3.8) is 0 Å². The van der Waals surface area contributed by atoms with Crippen LogP contribution in [-0.2, 0) is 30.4 Å². The van der Waals surface area contributed by atoms with Gasteiger partial charge in [-0.3, -0.25) is 19.2 Å². The molecule has 0 saturated heterocycles. The van der Waals surface area contributed by atoms with Gasteiger partial charge in [-0.1, -0.05) is 46.2 Å². The maximum Gasteiger partial charge on any atom is 0.326 e. The van der Waals surface area contributed by atoms with Crippen LogP contribution in [0.5, 0.6) is 5.75 Å². The van der Waals surface area contributed by atoms with E-state index >= 15 is 0 Å². The lowest BCUT2D eigenvalue weighted by atomic mass is 9.96. The summed E-state index contributed by atoms with van der Waals surface area (Å²) in [5, 5.41) is 35.3. The summed E-state index contributed by atoms with van der Waals surface area (Å²) < 4.78 is 0. The highest BCUT2D eigenvalue weighted by molar-refractivity contribution is 5.94. The van der Waals surface area contributed by atoms with E-state index in [4.69, 9.17) is 10.8 Å². The summed E-state index contributed by atoms with van der Waals surface area (Å²) in [7, 11) is 0. The standard InChI is InChI=1S/C26H40N4O8/c1-5-15(4)22(30-23(34)18(27)13-16-6-8-17(31)9-7-16)25(36)29-20(12-14(2)3)24(35)28-19(26(37)38)10-11-21(32)33/h6-9,14-15,18-20,22,31H,5,10-13,27H2,1-4H3,(H,28,35)(H,29,36)(H,30,34)(H,32,33)(H,37,38). The third-order valence-corrected chi connectivity index (χ3v) is 6.12. The third-order valence-electron chi connectivity index (χ3n) is 6.12. The average molecular weight is 537 g/mol. The fourth-order valence-corrected chi connectivity index (χ4v) is 3.70. The van der Waals surface area contributed by atoms with Crippen molar-refractivity contribution in [1.82, 2.24) is 16.0 Å². The van der Waals surface area contributed by atoms with Crippen molar-refractivity contribution in [3.8, 4) is 5.75 Å². The Kier molecular flexibility index (Phi) is 13.2. The number of hydrogen-bond donors (Lipinski definition) is 7. The highest BCUT2D eigenvalue weighted by atomic mass is 16.4. The fourth-order valence-electron chi connectivity index (χ4n) is 3.70. The van der Waals surface area contributed by atoms with Crippen molar-refractivity contribution < 1.29 is 39.3 Å². The van der Waals surface area contributed by atoms with E-state index < -0.39 is 60.2 Å². The highest BCUT2D eigenvalue weighted by Gasteiger charge is 2.33. The molecule has 38 heavy (non-hydrogen) atoms. The first-order valence-electron chi connectivity index (χ1n) is 12.6. The Morgan fingerprint density at radius 2 is 1.45 bits per heavy atom. The van der Waals surface area contributed by atoms with Gasteiger partial charge < -0.3 is 37.0 Å². The van der Waals surface area contributed by atoms with Crippen LogP contribution in [-0.4, -0.2) is 69.1 Å². The van der Waals surface area contributed by atoms with Crippen LogP contribution in [0.3, 0.4) is 0 Å². The van der Waals surface area contributed by atoms with Crippen molar-refractivity contribution in [1.29, 1.82) is 0 Å². The van der Waals surface area contributed by atoms with Crippen LogP contribution in [0.15, 0.2) is 24.3 Å². The zero-order chi connectivity index (χ0) is 29.0. The van der Waals surface area contributed by atoms with Crippen molar-refractivity contribution in [3.05, 3.63) is 29.8 Å². The van der Waals surface area contributed by atoms with E-state index in [9.17, 15) is 34.2 Å². The second kappa shape index (κ2) is 15.6. The Labute approximate surface area is 222 Å². The highest BCUT2D eigenvalue weighted by Crippen LogP contribution is 2.13. The SMILES string of the molecule is CCC(C)C(NC(=O)C(N)Cc1ccc(O)cc1)C(=O)NC(CC(C)C)C(=O)NC(CCC(=O)O)C(=O)O. The largest absolute Gasteiger partial charge is 0.508 e. The minimum atomic E-state index is -1.44. The van der Waals surface area contributed by atoms with E-state index in [0.717, 1.165) is 5.56 Å². The van der Waals surface area contributed by atoms with Crippen LogP contribution >= 0.6 is 0 Å². The third kappa shape index (κ3) is 11.2. The predicted molar refractivity (Wildman–Crippen MR) is 139 cm³/mol. The Balaban J connectivity index is 2.99. The molecule has 0 spiro atoms. The Bertz CT molecular complexity index is 966. The van der Waals surface area contributed by atoms with E-state index in [-0.39, 0.29) is 36.8 Å². The molecule has 8 N–H and O–H groups in total. The number of carboxylic acid groups (broad SMARTS) is 2. The van der Waals surface area contributed by atoms with E-state index in [0.29, 0.717) is 6.42 Å². The molecule has 3 amide bonds. The fraction of sp³-hybridized carbons (Fsp3) is 0.577. The van der Waals surface area contributed by atoms with Crippen LogP contribution in [0.1, 0.15) is 58.9 Å². The predicted octanol–water partition coefficient (Wildman–Crippen LogP) is 0.758. The molecule has 12 nitrogen and oxygen atoms in total. The molecule has 0 aliphatic carbocycles. The van der Waals surface area contributed by atoms with Crippen molar-refractivity contribution in [2.45, 2.75) is 84.0 Å². The summed E-state index contributed by atoms with van der Waals surface area (Å²) in [6, 6.07) is 1.70. The molecule has 1 aromatic rings. The molecule has 5 atom stereocenters. The summed E-state index contributed by atoms with van der Waals surface area (Å²) >= 11 is 0. The zero-order valence-corrected chi connectivity index (χ0v) is 22.3. The number of rotatable bonds is 16. The average Bonchev–Trinajstić information content (AvgIpc) is 2.84. The van der Waals surface area contributed by atoms with Gasteiger partial charge in [-0.2, -0.15) is 0 Å². The van der Waals surface area contributed by atoms with Gasteiger partial charge in [0.2, 0.25) is 17.7 Å². The van der Waals surface area contributed by atoms with Gasteiger partial charge in [0.05, 0.1) is 6.04 Å². The minimum absolute atomic E-state index is 0.0521. The van der Waals surface area contributed by atoms with E-state index in [2.05, 4.69) is 16.0 Å². The van der Waals surface area contributed by atoms with Gasteiger partial charge in [-0.05, 0) is 48.8 Å². The summed E-state index contributed by atoms with van der Waals surface area (Å²) in [4.78, 5) is 61.4. The van der Waals surface area contributed by atoms with Crippen LogP contribution in [0.4, 0.5) is 0 Å². The molecule has 1 rings (SSSR count). The van der Waals surface area contributed by atoms with Gasteiger partial charge in [0.1, 0.15) is 23.9 Å². The van der Waals surface area contributed by atoms with E-state index in [1.54, 1.807) is 19.1 Å². The quantitative estimate of drug-likeness (QED) is 0.159. The van der Waals surface area contributed by atoms with E-state index in [1.807, 2.05) is 20.8 Å². The van der Waals surface area contributed by atoms with Crippen molar-refractivity contribution in [2.75, 3.05) is 0 Å². The number of benzene rings is 1. The molecule has 1 aromatic carbocycles. The maximum absolute atomic E-state index is 13.3. The second-order valence-corrected chi connectivity index (χ2v) is 9.87. The van der Waals surface area contributed by atoms with Gasteiger partial charge in [0.25, 0.3) is 0 Å². The Hall–Kier alpha value is -3.67. The van der Waals surface area contributed by atoms with Crippen LogP contribution in [0.2, 0.25) is 0 Å². The number of carbonyl (C=O) groups excluding carboxylic acids is 3. The number of phenolic OH excluding ortho intramolecular Hbond substituents is 1. The zero-order valence-electron chi connectivity index (χ0n) is 22.3. The molecule has 0 radical (unpaired) electrons. The van der Waals surface area contributed by atoms with Gasteiger partial charge in [-0.15, -0.1) is 0 Å². The van der Waals surface area contributed by atoms with Crippen LogP contribution in [0.25, 0.3) is 0 Å². The Morgan fingerprint density at radius 1 is 0.868 bits per heavy atom. The van der Waals surface area contributed by atoms with E-state index in [1.165, 1.54) is 12.1 Å². The summed E-state index contributed by atoms with van der Waals surface area (Å²) in [6.07, 6.45) is 0.119. The lowest BCUT2D eigenvalue weighted by molar-refractivity contribution is -0.143. The molecule has 0 heterocycles. The lowest BCUT2D eigenvalue weighted by Crippen LogP contribution is -2.59. The first-order valence-corrected chi connectivity index (χ1v) is 12.6. The topological polar surface area (TPSA) is 208 Å². The normalized spacial score (nSPS) is 15.0. The first-order chi connectivity index (χ1) is 17.7. The number of nitrogens with one attached hydrogen (secondary N) is 3. The maximum atomic E-state index is 13.3. The van der Waals surface area contributed by atoms with Crippen molar-refractivity contribution in [2.24, 2.45) is 17.6 Å². The van der Waals surface area contributed by atoms with Gasteiger partial charge in [-0.25, -0.2) is 4.79 Å². The summed E-state index contributed by atoms with van der Waals surface area (Å²) in [5.41, 5.74) is 6.78. The number of hydrogen-bond acceptors (Lipinski definition) is 7.